The second-order valence-corrected chi connectivity index (χ2v) is 4.68. The number of nitrogens with zero attached hydrogens (tertiary/aromatic N) is 1. The van der Waals surface area contributed by atoms with Crippen molar-refractivity contribution in [3.63, 3.8) is 0 Å². The van der Waals surface area contributed by atoms with Crippen molar-refractivity contribution in [2.45, 2.75) is 25.7 Å². The topological polar surface area (TPSA) is 36.9 Å². The van der Waals surface area contributed by atoms with Gasteiger partial charge in [-0.05, 0) is 30.9 Å². The van der Waals surface area contributed by atoms with Gasteiger partial charge < -0.3 is 4.42 Å². The Labute approximate surface area is 94.5 Å². The van der Waals surface area contributed by atoms with E-state index in [4.69, 9.17) is 4.42 Å². The van der Waals surface area contributed by atoms with Crippen LogP contribution in [-0.4, -0.2) is 0 Å². The van der Waals surface area contributed by atoms with E-state index in [1.165, 1.54) is 12.0 Å². The van der Waals surface area contributed by atoms with Crippen molar-refractivity contribution in [1.29, 1.82) is 5.26 Å². The molecule has 0 radical (unpaired) electrons. The largest absolute Gasteiger partial charge is 0.464 e. The van der Waals surface area contributed by atoms with Crippen LogP contribution in [0.3, 0.4) is 0 Å². The maximum Gasteiger partial charge on any atom is 0.134 e. The molecule has 0 unspecified atom stereocenters. The molecular weight excluding hydrogens is 198 g/mol. The molecule has 1 aromatic carbocycles. The number of furan rings is 1. The standard InChI is InChI=1S/C14H13NO/c15-10-14(6-3-7-14)8-11-9-16-13-5-2-1-4-12(11)13/h1-2,4-5,9H,3,6-8H2. The van der Waals surface area contributed by atoms with Crippen LogP contribution in [0.5, 0.6) is 0 Å². The fraction of sp³-hybridized carbons (Fsp3) is 0.357. The Kier molecular flexibility index (Phi) is 2.00. The molecule has 0 aliphatic heterocycles. The number of nitriles is 1. The number of rotatable bonds is 2. The number of hydrogen-bond donors (Lipinski definition) is 0. The van der Waals surface area contributed by atoms with Gasteiger partial charge in [-0.25, -0.2) is 0 Å². The summed E-state index contributed by atoms with van der Waals surface area (Å²) in [5.41, 5.74) is 1.98. The fourth-order valence-electron chi connectivity index (χ4n) is 2.47. The quantitative estimate of drug-likeness (QED) is 0.760. The summed E-state index contributed by atoms with van der Waals surface area (Å²) in [6.45, 7) is 0. The second kappa shape index (κ2) is 3.38. The Hall–Kier alpha value is -1.75. The molecule has 0 amide bonds. The Bertz CT molecular complexity index is 557. The Morgan fingerprint density at radius 1 is 1.31 bits per heavy atom. The predicted octanol–water partition coefficient (Wildman–Crippen LogP) is 3.67. The minimum absolute atomic E-state index is 0.118. The molecule has 80 valence electrons. The second-order valence-electron chi connectivity index (χ2n) is 4.68. The Morgan fingerprint density at radius 2 is 2.12 bits per heavy atom. The van der Waals surface area contributed by atoms with Crippen molar-refractivity contribution in [2.24, 2.45) is 5.41 Å². The van der Waals surface area contributed by atoms with Gasteiger partial charge in [0.15, 0.2) is 0 Å². The molecule has 1 aliphatic rings. The van der Waals surface area contributed by atoms with E-state index in [-0.39, 0.29) is 5.41 Å². The number of hydrogen-bond acceptors (Lipinski definition) is 2. The molecule has 3 rings (SSSR count). The number of benzene rings is 1. The van der Waals surface area contributed by atoms with Gasteiger partial charge in [-0.15, -0.1) is 0 Å². The van der Waals surface area contributed by atoms with Gasteiger partial charge in [0.25, 0.3) is 0 Å². The normalized spacial score (nSPS) is 17.9. The van der Waals surface area contributed by atoms with Gasteiger partial charge in [0, 0.05) is 5.39 Å². The van der Waals surface area contributed by atoms with E-state index in [1.807, 2.05) is 24.5 Å². The predicted molar refractivity (Wildman–Crippen MR) is 61.8 cm³/mol. The molecule has 0 bridgehead atoms. The molecule has 1 saturated carbocycles. The first-order valence-electron chi connectivity index (χ1n) is 5.69. The average Bonchev–Trinajstić information content (AvgIpc) is 2.67. The smallest absolute Gasteiger partial charge is 0.134 e. The molecule has 0 spiro atoms. The van der Waals surface area contributed by atoms with Crippen LogP contribution in [-0.2, 0) is 6.42 Å². The highest BCUT2D eigenvalue weighted by atomic mass is 16.3. The van der Waals surface area contributed by atoms with E-state index in [0.717, 1.165) is 30.2 Å². The van der Waals surface area contributed by atoms with Crippen molar-refractivity contribution in [3.8, 4) is 6.07 Å². The molecule has 1 fully saturated rings. The van der Waals surface area contributed by atoms with Crippen LogP contribution in [0.25, 0.3) is 11.0 Å². The number of para-hydroxylation sites is 1. The van der Waals surface area contributed by atoms with Crippen LogP contribution in [0.1, 0.15) is 24.8 Å². The molecule has 1 heterocycles. The van der Waals surface area contributed by atoms with E-state index in [9.17, 15) is 5.26 Å². The van der Waals surface area contributed by atoms with Gasteiger partial charge in [-0.3, -0.25) is 0 Å². The van der Waals surface area contributed by atoms with Gasteiger partial charge in [-0.1, -0.05) is 24.6 Å². The molecule has 1 aliphatic carbocycles. The van der Waals surface area contributed by atoms with Crippen molar-refractivity contribution in [1.82, 2.24) is 0 Å². The molecule has 2 heteroatoms. The van der Waals surface area contributed by atoms with Crippen LogP contribution in [0.15, 0.2) is 34.9 Å². The minimum atomic E-state index is -0.118. The lowest BCUT2D eigenvalue weighted by Crippen LogP contribution is -2.29. The van der Waals surface area contributed by atoms with Gasteiger partial charge in [-0.2, -0.15) is 5.26 Å². The first-order valence-corrected chi connectivity index (χ1v) is 5.69. The average molecular weight is 211 g/mol. The highest BCUT2D eigenvalue weighted by molar-refractivity contribution is 5.81. The summed E-state index contributed by atoms with van der Waals surface area (Å²) in [5.74, 6) is 0. The third kappa shape index (κ3) is 1.32. The molecule has 1 aromatic heterocycles. The van der Waals surface area contributed by atoms with E-state index in [2.05, 4.69) is 12.1 Å². The summed E-state index contributed by atoms with van der Waals surface area (Å²) >= 11 is 0. The summed E-state index contributed by atoms with van der Waals surface area (Å²) in [7, 11) is 0. The van der Waals surface area contributed by atoms with Crippen molar-refractivity contribution in [2.75, 3.05) is 0 Å². The summed E-state index contributed by atoms with van der Waals surface area (Å²) in [4.78, 5) is 0. The summed E-state index contributed by atoms with van der Waals surface area (Å²) < 4.78 is 5.50. The lowest BCUT2D eigenvalue weighted by Gasteiger charge is -2.34. The highest BCUT2D eigenvalue weighted by Crippen LogP contribution is 2.44. The van der Waals surface area contributed by atoms with Gasteiger partial charge >= 0.3 is 0 Å². The zero-order valence-electron chi connectivity index (χ0n) is 9.07. The van der Waals surface area contributed by atoms with Crippen molar-refractivity contribution < 1.29 is 4.42 Å². The maximum atomic E-state index is 9.23. The van der Waals surface area contributed by atoms with Crippen LogP contribution in [0.4, 0.5) is 0 Å². The summed E-state index contributed by atoms with van der Waals surface area (Å²) in [6, 6.07) is 10.5. The first-order chi connectivity index (χ1) is 7.83. The first kappa shape index (κ1) is 9.47. The van der Waals surface area contributed by atoms with E-state index < -0.39 is 0 Å². The molecule has 0 saturated heterocycles. The van der Waals surface area contributed by atoms with Gasteiger partial charge in [0.05, 0.1) is 17.7 Å². The van der Waals surface area contributed by atoms with Crippen LogP contribution < -0.4 is 0 Å². The Balaban J connectivity index is 1.98. The Morgan fingerprint density at radius 3 is 2.81 bits per heavy atom. The van der Waals surface area contributed by atoms with Gasteiger partial charge in [0.1, 0.15) is 5.58 Å². The third-order valence-corrected chi connectivity index (χ3v) is 3.64. The molecule has 2 aromatic rings. The van der Waals surface area contributed by atoms with E-state index in [1.54, 1.807) is 0 Å². The zero-order chi connectivity index (χ0) is 11.0. The van der Waals surface area contributed by atoms with Gasteiger partial charge in [0.2, 0.25) is 0 Å². The van der Waals surface area contributed by atoms with Crippen LogP contribution in [0.2, 0.25) is 0 Å². The van der Waals surface area contributed by atoms with E-state index in [0.29, 0.717) is 0 Å². The maximum absolute atomic E-state index is 9.23. The van der Waals surface area contributed by atoms with Crippen LogP contribution in [0, 0.1) is 16.7 Å². The highest BCUT2D eigenvalue weighted by Gasteiger charge is 2.37. The summed E-state index contributed by atoms with van der Waals surface area (Å²) in [6.07, 6.45) is 5.89. The summed E-state index contributed by atoms with van der Waals surface area (Å²) in [5, 5.41) is 10.4. The number of fused-ring (bicyclic) bond motifs is 1. The van der Waals surface area contributed by atoms with E-state index >= 15 is 0 Å². The van der Waals surface area contributed by atoms with Crippen molar-refractivity contribution >= 4 is 11.0 Å². The lowest BCUT2D eigenvalue weighted by atomic mass is 9.66. The minimum Gasteiger partial charge on any atom is -0.464 e. The fourth-order valence-corrected chi connectivity index (χ4v) is 2.47. The molecule has 2 nitrogen and oxygen atoms in total. The third-order valence-electron chi connectivity index (χ3n) is 3.64. The lowest BCUT2D eigenvalue weighted by molar-refractivity contribution is 0.214. The molecule has 0 atom stereocenters. The molecule has 0 N–H and O–H groups in total. The van der Waals surface area contributed by atoms with Crippen LogP contribution >= 0.6 is 0 Å². The molecule has 16 heavy (non-hydrogen) atoms. The zero-order valence-corrected chi connectivity index (χ0v) is 9.07. The monoisotopic (exact) mass is 211 g/mol. The molecular formula is C14H13NO. The SMILES string of the molecule is N#CC1(Cc2coc3ccccc23)CCC1. The van der Waals surface area contributed by atoms with Crippen molar-refractivity contribution in [3.05, 3.63) is 36.1 Å².